The Morgan fingerprint density at radius 2 is 1.44 bits per heavy atom. The summed E-state index contributed by atoms with van der Waals surface area (Å²) in [6.07, 6.45) is 11.0. The Morgan fingerprint density at radius 3 is 2.06 bits per heavy atom. The first-order valence-electron chi connectivity index (χ1n) is 12.6. The number of esters is 1. The van der Waals surface area contributed by atoms with Gasteiger partial charge in [-0.15, -0.1) is 0 Å². The predicted octanol–water partition coefficient (Wildman–Crippen LogP) is 7.36. The van der Waals surface area contributed by atoms with E-state index >= 15 is 0 Å². The molecule has 0 saturated carbocycles. The van der Waals surface area contributed by atoms with Gasteiger partial charge < -0.3 is 9.47 Å². The SMILES string of the molecule is CCCCCCCCCCOc1ccc(C(=O)Oc2ccc(Cc3c(C)n[nH]c3C)cc2)cc1. The van der Waals surface area contributed by atoms with Gasteiger partial charge in [0.2, 0.25) is 0 Å². The van der Waals surface area contributed by atoms with Crippen molar-refractivity contribution in [3.05, 3.63) is 76.6 Å². The Hall–Kier alpha value is -3.08. The van der Waals surface area contributed by atoms with Crippen molar-refractivity contribution in [2.45, 2.75) is 78.6 Å². The Bertz CT molecular complexity index is 987. The van der Waals surface area contributed by atoms with Crippen LogP contribution in [0.15, 0.2) is 48.5 Å². The van der Waals surface area contributed by atoms with E-state index in [1.165, 1.54) is 50.5 Å². The molecule has 182 valence electrons. The fourth-order valence-corrected chi connectivity index (χ4v) is 3.99. The highest BCUT2D eigenvalue weighted by Gasteiger charge is 2.10. The van der Waals surface area contributed by atoms with Gasteiger partial charge in [0.05, 0.1) is 17.9 Å². The lowest BCUT2D eigenvalue weighted by Crippen LogP contribution is -2.08. The van der Waals surface area contributed by atoms with Crippen molar-refractivity contribution in [3.8, 4) is 11.5 Å². The summed E-state index contributed by atoms with van der Waals surface area (Å²) in [5.41, 5.74) is 4.95. The van der Waals surface area contributed by atoms with Gasteiger partial charge >= 0.3 is 5.97 Å². The van der Waals surface area contributed by atoms with Crippen LogP contribution in [0, 0.1) is 13.8 Å². The molecule has 0 unspecified atom stereocenters. The summed E-state index contributed by atoms with van der Waals surface area (Å²) in [5, 5.41) is 7.26. The molecule has 0 saturated heterocycles. The molecule has 2 aromatic carbocycles. The third-order valence-corrected chi connectivity index (χ3v) is 6.15. The molecule has 0 aliphatic heterocycles. The van der Waals surface area contributed by atoms with Crippen LogP contribution >= 0.6 is 0 Å². The first kappa shape index (κ1) is 25.5. The molecule has 0 atom stereocenters. The minimum Gasteiger partial charge on any atom is -0.494 e. The number of ether oxygens (including phenoxy) is 2. The normalized spacial score (nSPS) is 10.9. The number of carbonyl (C=O) groups is 1. The van der Waals surface area contributed by atoms with E-state index in [1.54, 1.807) is 12.1 Å². The zero-order chi connectivity index (χ0) is 24.2. The van der Waals surface area contributed by atoms with Gasteiger partial charge in [-0.1, -0.05) is 64.0 Å². The van der Waals surface area contributed by atoms with Gasteiger partial charge in [0.15, 0.2) is 0 Å². The number of H-pyrrole nitrogens is 1. The number of nitrogens with one attached hydrogen (secondary N) is 1. The van der Waals surface area contributed by atoms with Crippen molar-refractivity contribution in [2.24, 2.45) is 0 Å². The monoisotopic (exact) mass is 462 g/mol. The second-order valence-corrected chi connectivity index (χ2v) is 8.97. The van der Waals surface area contributed by atoms with Crippen molar-refractivity contribution in [3.63, 3.8) is 0 Å². The fourth-order valence-electron chi connectivity index (χ4n) is 3.99. The van der Waals surface area contributed by atoms with Crippen LogP contribution in [-0.2, 0) is 6.42 Å². The number of aromatic amines is 1. The predicted molar refractivity (Wildman–Crippen MR) is 137 cm³/mol. The third-order valence-electron chi connectivity index (χ3n) is 6.15. The number of benzene rings is 2. The molecule has 0 spiro atoms. The molecule has 0 bridgehead atoms. The van der Waals surface area contributed by atoms with E-state index in [0.29, 0.717) is 17.9 Å². The minimum atomic E-state index is -0.371. The summed E-state index contributed by atoms with van der Waals surface area (Å²) in [7, 11) is 0. The second-order valence-electron chi connectivity index (χ2n) is 8.97. The van der Waals surface area contributed by atoms with E-state index in [-0.39, 0.29) is 5.97 Å². The van der Waals surface area contributed by atoms with Gasteiger partial charge in [0.25, 0.3) is 0 Å². The number of hydrogen-bond acceptors (Lipinski definition) is 4. The molecule has 0 amide bonds. The smallest absolute Gasteiger partial charge is 0.343 e. The van der Waals surface area contributed by atoms with Gasteiger partial charge in [-0.2, -0.15) is 5.10 Å². The van der Waals surface area contributed by atoms with Gasteiger partial charge in [0.1, 0.15) is 11.5 Å². The molecule has 0 aliphatic carbocycles. The molecular weight excluding hydrogens is 424 g/mol. The van der Waals surface area contributed by atoms with Gasteiger partial charge in [0, 0.05) is 17.7 Å². The van der Waals surface area contributed by atoms with E-state index in [4.69, 9.17) is 9.47 Å². The average molecular weight is 463 g/mol. The summed E-state index contributed by atoms with van der Waals surface area (Å²) < 4.78 is 11.4. The molecule has 1 N–H and O–H groups in total. The van der Waals surface area contributed by atoms with Crippen LogP contribution in [0.1, 0.15) is 91.2 Å². The van der Waals surface area contributed by atoms with Crippen molar-refractivity contribution < 1.29 is 14.3 Å². The first-order valence-corrected chi connectivity index (χ1v) is 12.6. The van der Waals surface area contributed by atoms with Crippen molar-refractivity contribution in [1.29, 1.82) is 0 Å². The van der Waals surface area contributed by atoms with Crippen LogP contribution in [0.5, 0.6) is 11.5 Å². The summed E-state index contributed by atoms with van der Waals surface area (Å²) in [4.78, 5) is 12.5. The van der Waals surface area contributed by atoms with Gasteiger partial charge in [-0.25, -0.2) is 4.79 Å². The molecule has 5 heteroatoms. The average Bonchev–Trinajstić information content (AvgIpc) is 3.16. The second kappa shape index (κ2) is 13.6. The largest absolute Gasteiger partial charge is 0.494 e. The maximum atomic E-state index is 12.5. The Morgan fingerprint density at radius 1 is 0.824 bits per heavy atom. The molecule has 0 fully saturated rings. The summed E-state index contributed by atoms with van der Waals surface area (Å²) in [5.74, 6) is 0.946. The van der Waals surface area contributed by atoms with Gasteiger partial charge in [-0.05, 0) is 62.2 Å². The van der Waals surface area contributed by atoms with E-state index in [2.05, 4.69) is 17.1 Å². The van der Waals surface area contributed by atoms with Crippen LogP contribution in [0.25, 0.3) is 0 Å². The van der Waals surface area contributed by atoms with Crippen LogP contribution in [-0.4, -0.2) is 22.8 Å². The van der Waals surface area contributed by atoms with Crippen molar-refractivity contribution in [1.82, 2.24) is 10.2 Å². The number of rotatable bonds is 14. The maximum Gasteiger partial charge on any atom is 0.343 e. The quantitative estimate of drug-likeness (QED) is 0.154. The van der Waals surface area contributed by atoms with Crippen LogP contribution < -0.4 is 9.47 Å². The summed E-state index contributed by atoms with van der Waals surface area (Å²) >= 11 is 0. The van der Waals surface area contributed by atoms with E-state index in [0.717, 1.165) is 35.5 Å². The zero-order valence-corrected chi connectivity index (χ0v) is 20.9. The highest BCUT2D eigenvalue weighted by atomic mass is 16.5. The number of carbonyl (C=O) groups excluding carboxylic acids is 1. The molecule has 34 heavy (non-hydrogen) atoms. The molecule has 1 aromatic heterocycles. The number of aryl methyl sites for hydroxylation is 2. The van der Waals surface area contributed by atoms with Gasteiger partial charge in [-0.3, -0.25) is 5.10 Å². The minimum absolute atomic E-state index is 0.371. The molecule has 0 radical (unpaired) electrons. The topological polar surface area (TPSA) is 64.2 Å². The highest BCUT2D eigenvalue weighted by Crippen LogP contribution is 2.20. The first-order chi connectivity index (χ1) is 16.6. The number of aromatic nitrogens is 2. The standard InChI is InChI=1S/C29H38N2O3/c1-4-5-6-7-8-9-10-11-20-33-26-18-14-25(15-19-26)29(32)34-27-16-12-24(13-17-27)21-28-22(2)30-31-23(28)3/h12-19H,4-11,20-21H2,1-3H3,(H,30,31). The third kappa shape index (κ3) is 8.05. The van der Waals surface area contributed by atoms with E-state index < -0.39 is 0 Å². The lowest BCUT2D eigenvalue weighted by molar-refractivity contribution is 0.0734. The van der Waals surface area contributed by atoms with E-state index in [1.807, 2.05) is 50.2 Å². The maximum absolute atomic E-state index is 12.5. The Kier molecular flexibility index (Phi) is 10.2. The molecule has 3 aromatic rings. The fraction of sp³-hybridized carbons (Fsp3) is 0.448. The number of hydrogen-bond donors (Lipinski definition) is 1. The summed E-state index contributed by atoms with van der Waals surface area (Å²) in [6, 6.07) is 14.8. The van der Waals surface area contributed by atoms with Crippen LogP contribution in [0.3, 0.4) is 0 Å². The molecular formula is C29H38N2O3. The number of unbranched alkanes of at least 4 members (excludes halogenated alkanes) is 7. The van der Waals surface area contributed by atoms with Crippen molar-refractivity contribution in [2.75, 3.05) is 6.61 Å². The lowest BCUT2D eigenvalue weighted by atomic mass is 10.0. The van der Waals surface area contributed by atoms with Crippen molar-refractivity contribution >= 4 is 5.97 Å². The number of nitrogens with zero attached hydrogens (tertiary/aromatic N) is 1. The van der Waals surface area contributed by atoms with E-state index in [9.17, 15) is 4.79 Å². The summed E-state index contributed by atoms with van der Waals surface area (Å²) in [6.45, 7) is 6.99. The lowest BCUT2D eigenvalue weighted by Gasteiger charge is -2.08. The highest BCUT2D eigenvalue weighted by molar-refractivity contribution is 5.91. The Labute approximate surface area is 203 Å². The zero-order valence-electron chi connectivity index (χ0n) is 20.9. The Balaban J connectivity index is 1.39. The van der Waals surface area contributed by atoms with Crippen LogP contribution in [0.2, 0.25) is 0 Å². The molecule has 5 nitrogen and oxygen atoms in total. The molecule has 3 rings (SSSR count). The van der Waals surface area contributed by atoms with Crippen LogP contribution in [0.4, 0.5) is 0 Å². The molecule has 1 heterocycles. The molecule has 0 aliphatic rings.